The molecule has 0 fully saturated rings. The predicted octanol–water partition coefficient (Wildman–Crippen LogP) is 2.90. The maximum atomic E-state index is 5.88. The molecule has 0 aliphatic heterocycles. The molecule has 0 spiro atoms. The van der Waals surface area contributed by atoms with Crippen LogP contribution in [0.4, 0.5) is 11.4 Å². The molecule has 0 amide bonds. The zero-order valence-corrected chi connectivity index (χ0v) is 10.7. The minimum absolute atomic E-state index is 0.460. The van der Waals surface area contributed by atoms with Crippen LogP contribution in [0.2, 0.25) is 0 Å². The molecule has 0 aromatic heterocycles. The summed E-state index contributed by atoms with van der Waals surface area (Å²) in [4.78, 5) is 2.29. The van der Waals surface area contributed by atoms with E-state index < -0.39 is 0 Å². The fourth-order valence-corrected chi connectivity index (χ4v) is 1.87. The lowest BCUT2D eigenvalue weighted by Gasteiger charge is -2.28. The molecule has 3 nitrogen and oxygen atoms in total. The summed E-state index contributed by atoms with van der Waals surface area (Å²) in [5, 5.41) is 0. The molecule has 1 aromatic carbocycles. The molecule has 0 unspecified atom stereocenters. The lowest BCUT2D eigenvalue weighted by Crippen LogP contribution is -2.30. The van der Waals surface area contributed by atoms with E-state index in [4.69, 9.17) is 10.5 Å². The number of hydrogen-bond acceptors (Lipinski definition) is 3. The minimum atomic E-state index is 0.460. The smallest absolute Gasteiger partial charge is 0.123 e. The topological polar surface area (TPSA) is 38.5 Å². The Morgan fingerprint density at radius 2 is 1.94 bits per heavy atom. The van der Waals surface area contributed by atoms with Crippen molar-refractivity contribution in [2.24, 2.45) is 0 Å². The highest BCUT2D eigenvalue weighted by atomic mass is 16.5. The highest BCUT2D eigenvalue weighted by Gasteiger charge is 2.10. The molecule has 0 atom stereocenters. The van der Waals surface area contributed by atoms with E-state index in [1.807, 2.05) is 25.1 Å². The van der Waals surface area contributed by atoms with Crippen LogP contribution in [-0.4, -0.2) is 19.2 Å². The average molecular weight is 222 g/mol. The summed E-state index contributed by atoms with van der Waals surface area (Å²) in [7, 11) is 0. The highest BCUT2D eigenvalue weighted by molar-refractivity contribution is 5.60. The first-order chi connectivity index (χ1) is 7.58. The number of nitrogens with two attached hydrogens (primary N) is 1. The van der Waals surface area contributed by atoms with Crippen LogP contribution in [0.3, 0.4) is 0 Å². The first-order valence-corrected chi connectivity index (χ1v) is 5.88. The van der Waals surface area contributed by atoms with Gasteiger partial charge in [-0.15, -0.1) is 0 Å². The van der Waals surface area contributed by atoms with Gasteiger partial charge in [0.1, 0.15) is 5.75 Å². The molecule has 0 aliphatic carbocycles. The second kappa shape index (κ2) is 5.64. The molecule has 0 saturated heterocycles. The van der Waals surface area contributed by atoms with Crippen molar-refractivity contribution in [2.75, 3.05) is 23.8 Å². The largest absolute Gasteiger partial charge is 0.494 e. The van der Waals surface area contributed by atoms with Gasteiger partial charge in [0.2, 0.25) is 0 Å². The number of hydrogen-bond donors (Lipinski definition) is 1. The van der Waals surface area contributed by atoms with E-state index in [1.54, 1.807) is 0 Å². The van der Waals surface area contributed by atoms with Crippen molar-refractivity contribution in [3.63, 3.8) is 0 Å². The van der Waals surface area contributed by atoms with E-state index in [0.29, 0.717) is 12.6 Å². The van der Waals surface area contributed by atoms with Crippen molar-refractivity contribution >= 4 is 11.4 Å². The Kier molecular flexibility index (Phi) is 4.47. The lowest BCUT2D eigenvalue weighted by atomic mass is 10.2. The van der Waals surface area contributed by atoms with Gasteiger partial charge in [-0.2, -0.15) is 0 Å². The van der Waals surface area contributed by atoms with Crippen molar-refractivity contribution in [2.45, 2.75) is 33.7 Å². The lowest BCUT2D eigenvalue weighted by molar-refractivity contribution is 0.340. The number of benzene rings is 1. The minimum Gasteiger partial charge on any atom is -0.494 e. The molecule has 2 N–H and O–H groups in total. The first-order valence-electron chi connectivity index (χ1n) is 5.88. The molecule has 0 bridgehead atoms. The van der Waals surface area contributed by atoms with Crippen LogP contribution in [0.1, 0.15) is 27.7 Å². The monoisotopic (exact) mass is 222 g/mol. The van der Waals surface area contributed by atoms with Gasteiger partial charge in [0.15, 0.2) is 0 Å². The van der Waals surface area contributed by atoms with Crippen molar-refractivity contribution in [1.82, 2.24) is 0 Å². The molecule has 0 heterocycles. The van der Waals surface area contributed by atoms with Gasteiger partial charge in [0.25, 0.3) is 0 Å². The zero-order valence-electron chi connectivity index (χ0n) is 10.7. The van der Waals surface area contributed by atoms with E-state index in [-0.39, 0.29) is 0 Å². The molecule has 16 heavy (non-hydrogen) atoms. The Bertz CT molecular complexity index is 337. The molecule has 0 aliphatic rings. The SMILES string of the molecule is CCOc1cc(N)cc(N(CC)C(C)C)c1. The van der Waals surface area contributed by atoms with E-state index in [2.05, 4.69) is 25.7 Å². The number of ether oxygens (including phenoxy) is 1. The van der Waals surface area contributed by atoms with Crippen molar-refractivity contribution in [1.29, 1.82) is 0 Å². The first kappa shape index (κ1) is 12.7. The van der Waals surface area contributed by atoms with Gasteiger partial charge in [-0.25, -0.2) is 0 Å². The van der Waals surface area contributed by atoms with Gasteiger partial charge in [0.05, 0.1) is 6.61 Å². The summed E-state index contributed by atoms with van der Waals surface area (Å²) >= 11 is 0. The average Bonchev–Trinajstić information content (AvgIpc) is 2.17. The maximum Gasteiger partial charge on any atom is 0.123 e. The van der Waals surface area contributed by atoms with Crippen molar-refractivity contribution < 1.29 is 4.74 Å². The summed E-state index contributed by atoms with van der Waals surface area (Å²) in [6, 6.07) is 6.36. The predicted molar refractivity (Wildman–Crippen MR) is 70.2 cm³/mol. The zero-order chi connectivity index (χ0) is 12.1. The van der Waals surface area contributed by atoms with Crippen molar-refractivity contribution in [3.05, 3.63) is 18.2 Å². The Balaban J connectivity index is 3.02. The van der Waals surface area contributed by atoms with E-state index >= 15 is 0 Å². The van der Waals surface area contributed by atoms with E-state index in [1.165, 1.54) is 0 Å². The summed E-state index contributed by atoms with van der Waals surface area (Å²) < 4.78 is 5.50. The van der Waals surface area contributed by atoms with Gasteiger partial charge < -0.3 is 15.4 Å². The summed E-state index contributed by atoms with van der Waals surface area (Å²) in [5.41, 5.74) is 7.75. The number of anilines is 2. The normalized spacial score (nSPS) is 10.6. The Hall–Kier alpha value is -1.38. The quantitative estimate of drug-likeness (QED) is 0.778. The van der Waals surface area contributed by atoms with Gasteiger partial charge in [-0.05, 0) is 33.8 Å². The fourth-order valence-electron chi connectivity index (χ4n) is 1.87. The number of nitrogens with zero attached hydrogens (tertiary/aromatic N) is 1. The Morgan fingerprint density at radius 3 is 2.44 bits per heavy atom. The highest BCUT2D eigenvalue weighted by Crippen LogP contribution is 2.26. The fraction of sp³-hybridized carbons (Fsp3) is 0.538. The Morgan fingerprint density at radius 1 is 1.25 bits per heavy atom. The summed E-state index contributed by atoms with van der Waals surface area (Å²) in [5.74, 6) is 0.844. The van der Waals surface area contributed by atoms with Crippen LogP contribution >= 0.6 is 0 Å². The summed E-state index contributed by atoms with van der Waals surface area (Å²) in [6.45, 7) is 10.1. The second-order valence-corrected chi connectivity index (χ2v) is 4.07. The van der Waals surface area contributed by atoms with Gasteiger partial charge in [-0.1, -0.05) is 0 Å². The van der Waals surface area contributed by atoms with Crippen molar-refractivity contribution in [3.8, 4) is 5.75 Å². The standard InChI is InChI=1S/C13H22N2O/c1-5-15(10(3)4)12-7-11(14)8-13(9-12)16-6-2/h7-10H,5-6,14H2,1-4H3. The van der Waals surface area contributed by atoms with Crippen LogP contribution in [0.5, 0.6) is 5.75 Å². The molecule has 0 radical (unpaired) electrons. The molecule has 3 heteroatoms. The molecular formula is C13H22N2O. The molecular weight excluding hydrogens is 200 g/mol. The van der Waals surface area contributed by atoms with E-state index in [0.717, 1.165) is 23.7 Å². The Labute approximate surface area is 98.2 Å². The maximum absolute atomic E-state index is 5.88. The van der Waals surface area contributed by atoms with Gasteiger partial charge in [-0.3, -0.25) is 0 Å². The van der Waals surface area contributed by atoms with Crippen LogP contribution in [0, 0.1) is 0 Å². The number of rotatable bonds is 5. The molecule has 0 saturated carbocycles. The third-order valence-corrected chi connectivity index (χ3v) is 2.52. The summed E-state index contributed by atoms with van der Waals surface area (Å²) in [6.07, 6.45) is 0. The van der Waals surface area contributed by atoms with E-state index in [9.17, 15) is 0 Å². The van der Waals surface area contributed by atoms with Crippen LogP contribution in [0.25, 0.3) is 0 Å². The third kappa shape index (κ3) is 3.05. The second-order valence-electron chi connectivity index (χ2n) is 4.07. The number of nitrogen functional groups attached to an aromatic ring is 1. The molecule has 1 aromatic rings. The van der Waals surface area contributed by atoms with Crippen LogP contribution < -0.4 is 15.4 Å². The van der Waals surface area contributed by atoms with Gasteiger partial charge >= 0.3 is 0 Å². The third-order valence-electron chi connectivity index (χ3n) is 2.52. The van der Waals surface area contributed by atoms with Gasteiger partial charge in [0, 0.05) is 36.1 Å². The molecule has 90 valence electrons. The molecule has 1 rings (SSSR count). The van der Waals surface area contributed by atoms with Crippen LogP contribution in [-0.2, 0) is 0 Å². The van der Waals surface area contributed by atoms with Crippen LogP contribution in [0.15, 0.2) is 18.2 Å².